The molecule has 0 aliphatic carbocycles. The van der Waals surface area contributed by atoms with E-state index in [1.165, 1.54) is 11.0 Å². The van der Waals surface area contributed by atoms with Gasteiger partial charge in [0.25, 0.3) is 5.91 Å². The monoisotopic (exact) mass is 458 g/mol. The van der Waals surface area contributed by atoms with Gasteiger partial charge in [-0.25, -0.2) is 9.34 Å². The van der Waals surface area contributed by atoms with Crippen LogP contribution in [0.1, 0.15) is 28.8 Å². The van der Waals surface area contributed by atoms with Crippen LogP contribution in [0, 0.1) is 10.1 Å². The number of ether oxygens (including phenoxy) is 1. The van der Waals surface area contributed by atoms with Crippen molar-refractivity contribution in [3.8, 4) is 11.5 Å². The van der Waals surface area contributed by atoms with Crippen LogP contribution in [0.4, 0.5) is 5.69 Å². The van der Waals surface area contributed by atoms with Gasteiger partial charge in [-0.15, -0.1) is 0 Å². The van der Waals surface area contributed by atoms with Crippen LogP contribution in [0.15, 0.2) is 42.5 Å². The maximum atomic E-state index is 13.5. The quantitative estimate of drug-likeness (QED) is 0.242. The fourth-order valence-electron chi connectivity index (χ4n) is 3.75. The van der Waals surface area contributed by atoms with Gasteiger partial charge in [0.2, 0.25) is 13.2 Å². The molecule has 2 saturated heterocycles. The minimum atomic E-state index is -2.57. The van der Waals surface area contributed by atoms with Gasteiger partial charge in [0.1, 0.15) is 5.75 Å². The molecule has 0 radical (unpaired) electrons. The van der Waals surface area contributed by atoms with Crippen molar-refractivity contribution < 1.29 is 19.0 Å². The molecule has 0 saturated carbocycles. The molecule has 32 heavy (non-hydrogen) atoms. The number of para-hydroxylation sites is 1. The highest BCUT2D eigenvalue weighted by atomic mass is 31.2. The van der Waals surface area contributed by atoms with Gasteiger partial charge < -0.3 is 9.64 Å². The van der Waals surface area contributed by atoms with E-state index in [-0.39, 0.29) is 29.0 Å². The molecular weight excluding hydrogens is 431 g/mol. The average molecular weight is 458 g/mol. The first-order valence-electron chi connectivity index (χ1n) is 10.6. The topological polar surface area (TPSA) is 95.8 Å². The Hall–Kier alpha value is -2.74. The van der Waals surface area contributed by atoms with E-state index in [4.69, 9.17) is 4.74 Å². The van der Waals surface area contributed by atoms with Crippen LogP contribution in [-0.4, -0.2) is 71.5 Å². The molecule has 0 aromatic heterocycles. The van der Waals surface area contributed by atoms with Gasteiger partial charge in [-0.3, -0.25) is 19.5 Å². The molecule has 2 aromatic carbocycles. The summed E-state index contributed by atoms with van der Waals surface area (Å²) in [5, 5.41) is 11.6. The Kier molecular flexibility index (Phi) is 6.07. The van der Waals surface area contributed by atoms with Crippen LogP contribution in [0.3, 0.4) is 0 Å². The van der Waals surface area contributed by atoms with Crippen molar-refractivity contribution in [1.82, 2.24) is 14.2 Å². The van der Waals surface area contributed by atoms with Crippen molar-refractivity contribution in [2.24, 2.45) is 0 Å². The highest BCUT2D eigenvalue weighted by molar-refractivity contribution is 7.59. The van der Waals surface area contributed by atoms with Crippen molar-refractivity contribution in [3.05, 3.63) is 63.7 Å². The predicted molar refractivity (Wildman–Crippen MR) is 122 cm³/mol. The summed E-state index contributed by atoms with van der Waals surface area (Å²) in [5.41, 5.74) is 0.942. The summed E-state index contributed by atoms with van der Waals surface area (Å²) in [4.78, 5) is 25.1. The number of hydrogen-bond acceptors (Lipinski definition) is 5. The molecule has 2 heterocycles. The summed E-state index contributed by atoms with van der Waals surface area (Å²) in [6, 6.07) is 11.4. The van der Waals surface area contributed by atoms with Gasteiger partial charge in [0, 0.05) is 52.5 Å². The summed E-state index contributed by atoms with van der Waals surface area (Å²) >= 11 is 0. The molecule has 9 nitrogen and oxygen atoms in total. The molecule has 0 bridgehead atoms. The zero-order valence-electron chi connectivity index (χ0n) is 18.4. The van der Waals surface area contributed by atoms with Gasteiger partial charge in [0.15, 0.2) is 0 Å². The number of nitrogens with zero attached hydrogens (tertiary/aromatic N) is 4. The second-order valence-electron chi connectivity index (χ2n) is 8.44. The summed E-state index contributed by atoms with van der Waals surface area (Å²) in [6.45, 7) is 5.39. The number of amides is 1. The fourth-order valence-corrected chi connectivity index (χ4v) is 6.92. The lowest BCUT2D eigenvalue weighted by Gasteiger charge is -2.24. The lowest BCUT2D eigenvalue weighted by atomic mass is 10.0. The van der Waals surface area contributed by atoms with Gasteiger partial charge in [0.05, 0.1) is 10.5 Å². The second kappa shape index (κ2) is 8.65. The predicted octanol–water partition coefficient (Wildman–Crippen LogP) is 4.02. The third-order valence-corrected chi connectivity index (χ3v) is 9.33. The van der Waals surface area contributed by atoms with Crippen molar-refractivity contribution in [1.29, 1.82) is 0 Å². The molecule has 1 unspecified atom stereocenters. The van der Waals surface area contributed by atoms with Gasteiger partial charge >= 0.3 is 5.69 Å². The summed E-state index contributed by atoms with van der Waals surface area (Å²) in [6.07, 6.45) is 0.486. The summed E-state index contributed by atoms with van der Waals surface area (Å²) in [5.74, 6) is -0.0286. The normalized spacial score (nSPS) is 17.0. The number of nitro groups is 1. The molecule has 1 atom stereocenters. The zero-order chi connectivity index (χ0) is 23.0. The zero-order valence-corrected chi connectivity index (χ0v) is 19.3. The van der Waals surface area contributed by atoms with Gasteiger partial charge in [-0.1, -0.05) is 25.1 Å². The van der Waals surface area contributed by atoms with E-state index in [9.17, 15) is 19.5 Å². The number of rotatable bonds is 9. The van der Waals surface area contributed by atoms with Gasteiger partial charge in [-0.2, -0.15) is 0 Å². The molecule has 0 N–H and O–H groups in total. The lowest BCUT2D eigenvalue weighted by Crippen LogP contribution is -2.22. The highest BCUT2D eigenvalue weighted by Crippen LogP contribution is 2.62. The van der Waals surface area contributed by atoms with Crippen LogP contribution in [0.5, 0.6) is 11.5 Å². The van der Waals surface area contributed by atoms with Crippen LogP contribution >= 0.6 is 7.44 Å². The number of nitro benzene ring substituents is 1. The third-order valence-electron chi connectivity index (χ3n) is 5.74. The molecular formula is C22H27N4O5P. The van der Waals surface area contributed by atoms with Crippen LogP contribution in [0.2, 0.25) is 0 Å². The molecule has 2 aliphatic rings. The van der Waals surface area contributed by atoms with Crippen LogP contribution in [-0.2, 0) is 4.57 Å². The molecule has 2 aliphatic heterocycles. The van der Waals surface area contributed by atoms with E-state index in [1.54, 1.807) is 50.5 Å². The van der Waals surface area contributed by atoms with Gasteiger partial charge in [-0.05, 0) is 29.7 Å². The van der Waals surface area contributed by atoms with Crippen molar-refractivity contribution >= 4 is 19.0 Å². The Balaban J connectivity index is 1.64. The van der Waals surface area contributed by atoms with E-state index in [0.717, 1.165) is 31.7 Å². The maximum Gasteiger partial charge on any atom is 0.311 e. The van der Waals surface area contributed by atoms with Crippen LogP contribution < -0.4 is 4.74 Å². The molecule has 4 rings (SSSR count). The maximum absolute atomic E-state index is 13.5. The molecule has 0 spiro atoms. The third kappa shape index (κ3) is 4.55. The molecule has 170 valence electrons. The smallest absolute Gasteiger partial charge is 0.311 e. The first-order chi connectivity index (χ1) is 15.2. The second-order valence-corrected chi connectivity index (χ2v) is 11.3. The Morgan fingerprint density at radius 3 is 2.31 bits per heavy atom. The molecule has 10 heteroatoms. The Labute approximate surface area is 187 Å². The molecule has 2 aromatic rings. The number of carbonyl (C=O) groups is 1. The van der Waals surface area contributed by atoms with Crippen molar-refractivity contribution in [2.45, 2.75) is 12.8 Å². The largest absolute Gasteiger partial charge is 0.449 e. The number of carbonyl (C=O) groups excluding carboxylic acids is 1. The average Bonchev–Trinajstić information content (AvgIpc) is 3.65. The van der Waals surface area contributed by atoms with Crippen molar-refractivity contribution in [3.63, 3.8) is 0 Å². The fraction of sp³-hybridized carbons (Fsp3) is 0.409. The number of benzene rings is 2. The first kappa shape index (κ1) is 22.5. The van der Waals surface area contributed by atoms with Crippen LogP contribution in [0.25, 0.3) is 0 Å². The van der Waals surface area contributed by atoms with E-state index in [1.807, 2.05) is 16.3 Å². The number of hydrogen-bond donors (Lipinski definition) is 0. The standard InChI is InChI=1S/C22H27N4O5P/c1-16(15-32(30,24-10-11-24)25-12-13-25)17-8-9-19(26(28)29)21(14-17)31-20-7-5-4-6-18(20)22(27)23(2)3/h4-9,14,16H,10-13,15H2,1-3H3. The summed E-state index contributed by atoms with van der Waals surface area (Å²) < 4.78 is 23.5. The summed E-state index contributed by atoms with van der Waals surface area (Å²) in [7, 11) is 0.700. The Bertz CT molecular complexity index is 1080. The van der Waals surface area contributed by atoms with E-state index < -0.39 is 12.4 Å². The minimum Gasteiger partial charge on any atom is -0.449 e. The first-order valence-corrected chi connectivity index (χ1v) is 12.4. The highest BCUT2D eigenvalue weighted by Gasteiger charge is 2.48. The lowest BCUT2D eigenvalue weighted by molar-refractivity contribution is -0.385. The molecule has 2 fully saturated rings. The molecule has 1 amide bonds. The van der Waals surface area contributed by atoms with Crippen molar-refractivity contribution in [2.75, 3.05) is 46.4 Å². The SMILES string of the molecule is CC(CP(=O)(N1CC1)N1CC1)c1ccc([N+](=O)[O-])c(Oc2ccccc2C(=O)N(C)C)c1. The van der Waals surface area contributed by atoms with E-state index >= 15 is 0 Å². The van der Waals surface area contributed by atoms with E-state index in [0.29, 0.717) is 11.7 Å². The minimum absolute atomic E-state index is 0.0617. The van der Waals surface area contributed by atoms with E-state index in [2.05, 4.69) is 0 Å². The Morgan fingerprint density at radius 1 is 1.12 bits per heavy atom. The Morgan fingerprint density at radius 2 is 1.75 bits per heavy atom.